The number of tetrazole rings is 1. The highest BCUT2D eigenvalue weighted by Gasteiger charge is 2.26. The molecule has 1 aromatic carbocycles. The zero-order valence-electron chi connectivity index (χ0n) is 10.4. The van der Waals surface area contributed by atoms with E-state index >= 15 is 0 Å². The molecule has 0 aliphatic carbocycles. The molecule has 5 heteroatoms. The van der Waals surface area contributed by atoms with Crippen molar-refractivity contribution in [2.75, 3.05) is 0 Å². The van der Waals surface area contributed by atoms with Crippen molar-refractivity contribution in [2.45, 2.75) is 32.7 Å². The van der Waals surface area contributed by atoms with Gasteiger partial charge in [0.1, 0.15) is 0 Å². The number of aryl methyl sites for hydroxylation is 1. The molecule has 5 nitrogen and oxygen atoms in total. The second kappa shape index (κ2) is 4.25. The van der Waals surface area contributed by atoms with E-state index in [9.17, 15) is 0 Å². The molecule has 2 N–H and O–H groups in total. The Hall–Kier alpha value is -1.75. The lowest BCUT2D eigenvalue weighted by atomic mass is 9.99. The van der Waals surface area contributed by atoms with E-state index in [0.29, 0.717) is 5.82 Å². The molecule has 0 amide bonds. The predicted octanol–water partition coefficient (Wildman–Crippen LogP) is 1.55. The fraction of sp³-hybridized carbons (Fsp3) is 0.417. The molecule has 90 valence electrons. The molecule has 17 heavy (non-hydrogen) atoms. The van der Waals surface area contributed by atoms with Crippen LogP contribution in [0, 0.1) is 6.92 Å². The van der Waals surface area contributed by atoms with Gasteiger partial charge in [0.05, 0.1) is 11.2 Å². The van der Waals surface area contributed by atoms with Crippen molar-refractivity contribution in [3.63, 3.8) is 0 Å². The van der Waals surface area contributed by atoms with Crippen LogP contribution in [0.15, 0.2) is 24.3 Å². The van der Waals surface area contributed by atoms with Crippen LogP contribution >= 0.6 is 0 Å². The maximum Gasteiger partial charge on any atom is 0.176 e. The number of hydrogen-bond acceptors (Lipinski definition) is 4. The Morgan fingerprint density at radius 3 is 2.53 bits per heavy atom. The van der Waals surface area contributed by atoms with Crippen LogP contribution in [0.1, 0.15) is 31.7 Å². The molecule has 1 aromatic heterocycles. The van der Waals surface area contributed by atoms with E-state index in [1.807, 2.05) is 45.0 Å². The second-order valence-corrected chi connectivity index (χ2v) is 4.52. The number of aromatic nitrogens is 4. The van der Waals surface area contributed by atoms with Crippen molar-refractivity contribution in [3.8, 4) is 5.69 Å². The summed E-state index contributed by atoms with van der Waals surface area (Å²) in [6, 6.07) is 8.03. The van der Waals surface area contributed by atoms with E-state index in [0.717, 1.165) is 12.1 Å². The van der Waals surface area contributed by atoms with Gasteiger partial charge in [0.15, 0.2) is 5.82 Å². The summed E-state index contributed by atoms with van der Waals surface area (Å²) in [5.74, 6) is 0.684. The molecule has 0 bridgehead atoms. The van der Waals surface area contributed by atoms with Crippen molar-refractivity contribution in [1.29, 1.82) is 0 Å². The summed E-state index contributed by atoms with van der Waals surface area (Å²) in [6.45, 7) is 6.00. The smallest absolute Gasteiger partial charge is 0.176 e. The molecule has 0 spiro atoms. The van der Waals surface area contributed by atoms with E-state index in [1.54, 1.807) is 4.68 Å². The normalized spacial score (nSPS) is 14.6. The third kappa shape index (κ3) is 2.19. The monoisotopic (exact) mass is 231 g/mol. The van der Waals surface area contributed by atoms with E-state index in [2.05, 4.69) is 15.5 Å². The highest BCUT2D eigenvalue weighted by atomic mass is 15.5. The number of rotatable bonds is 3. The number of nitrogens with two attached hydrogens (primary N) is 1. The molecule has 2 aromatic rings. The Morgan fingerprint density at radius 1 is 1.29 bits per heavy atom. The molecule has 1 unspecified atom stereocenters. The fourth-order valence-corrected chi connectivity index (χ4v) is 1.56. The van der Waals surface area contributed by atoms with Gasteiger partial charge in [-0.2, -0.15) is 4.68 Å². The van der Waals surface area contributed by atoms with Gasteiger partial charge in [-0.3, -0.25) is 0 Å². The Balaban J connectivity index is 2.47. The Morgan fingerprint density at radius 2 is 1.94 bits per heavy atom. The first-order valence-corrected chi connectivity index (χ1v) is 5.69. The lowest BCUT2D eigenvalue weighted by Crippen LogP contribution is -2.35. The van der Waals surface area contributed by atoms with E-state index in [4.69, 9.17) is 5.73 Å². The molecule has 0 saturated carbocycles. The van der Waals surface area contributed by atoms with Crippen molar-refractivity contribution in [2.24, 2.45) is 5.73 Å². The minimum atomic E-state index is -0.519. The largest absolute Gasteiger partial charge is 0.319 e. The Kier molecular flexibility index (Phi) is 2.93. The number of nitrogens with zero attached hydrogens (tertiary/aromatic N) is 4. The average Bonchev–Trinajstić information content (AvgIpc) is 2.80. The van der Waals surface area contributed by atoms with E-state index < -0.39 is 5.54 Å². The van der Waals surface area contributed by atoms with Crippen LogP contribution in [-0.2, 0) is 5.54 Å². The zero-order chi connectivity index (χ0) is 12.5. The van der Waals surface area contributed by atoms with E-state index in [-0.39, 0.29) is 0 Å². The molecule has 0 saturated heterocycles. The molecule has 1 heterocycles. The van der Waals surface area contributed by atoms with Crippen LogP contribution in [0.25, 0.3) is 5.69 Å². The lowest BCUT2D eigenvalue weighted by molar-refractivity contribution is 0.433. The first kappa shape index (κ1) is 11.7. The lowest BCUT2D eigenvalue weighted by Gasteiger charge is -2.21. The number of hydrogen-bond donors (Lipinski definition) is 1. The van der Waals surface area contributed by atoms with E-state index in [1.165, 1.54) is 5.56 Å². The molecular formula is C12H17N5. The summed E-state index contributed by atoms with van der Waals surface area (Å²) in [5.41, 5.74) is 7.80. The second-order valence-electron chi connectivity index (χ2n) is 4.52. The molecule has 0 fully saturated rings. The predicted molar refractivity (Wildman–Crippen MR) is 65.7 cm³/mol. The van der Waals surface area contributed by atoms with Crippen molar-refractivity contribution in [1.82, 2.24) is 20.2 Å². The van der Waals surface area contributed by atoms with Crippen LogP contribution in [0.3, 0.4) is 0 Å². The van der Waals surface area contributed by atoms with Gasteiger partial charge < -0.3 is 5.73 Å². The maximum absolute atomic E-state index is 6.19. The summed E-state index contributed by atoms with van der Waals surface area (Å²) in [6.07, 6.45) is 0.777. The maximum atomic E-state index is 6.19. The summed E-state index contributed by atoms with van der Waals surface area (Å²) < 4.78 is 1.70. The quantitative estimate of drug-likeness (QED) is 0.870. The Bertz CT molecular complexity index is 498. The van der Waals surface area contributed by atoms with Crippen molar-refractivity contribution in [3.05, 3.63) is 35.7 Å². The third-order valence-electron chi connectivity index (χ3n) is 2.99. The van der Waals surface area contributed by atoms with Gasteiger partial charge in [-0.1, -0.05) is 24.6 Å². The summed E-state index contributed by atoms with van der Waals surface area (Å²) in [4.78, 5) is 0. The molecule has 0 aliphatic heterocycles. The van der Waals surface area contributed by atoms with Gasteiger partial charge in [-0.05, 0) is 42.8 Å². The topological polar surface area (TPSA) is 69.6 Å². The summed E-state index contributed by atoms with van der Waals surface area (Å²) in [7, 11) is 0. The van der Waals surface area contributed by atoms with Gasteiger partial charge >= 0.3 is 0 Å². The number of benzene rings is 1. The highest BCUT2D eigenvalue weighted by Crippen LogP contribution is 2.20. The van der Waals surface area contributed by atoms with Crippen molar-refractivity contribution < 1.29 is 0 Å². The molecule has 0 radical (unpaired) electrons. The van der Waals surface area contributed by atoms with Gasteiger partial charge in [0.25, 0.3) is 0 Å². The fourth-order valence-electron chi connectivity index (χ4n) is 1.56. The van der Waals surface area contributed by atoms with Crippen LogP contribution in [0.5, 0.6) is 0 Å². The van der Waals surface area contributed by atoms with Crippen molar-refractivity contribution >= 4 is 0 Å². The highest BCUT2D eigenvalue weighted by molar-refractivity contribution is 5.34. The molecule has 1 atom stereocenters. The first-order valence-electron chi connectivity index (χ1n) is 5.69. The first-order chi connectivity index (χ1) is 8.04. The third-order valence-corrected chi connectivity index (χ3v) is 2.99. The average molecular weight is 231 g/mol. The van der Waals surface area contributed by atoms with Crippen LogP contribution in [-0.4, -0.2) is 20.2 Å². The zero-order valence-corrected chi connectivity index (χ0v) is 10.4. The standard InChI is InChI=1S/C12H17N5/c1-4-12(3,13)11-14-15-16-17(11)10-7-5-9(2)6-8-10/h5-8H,4,13H2,1-3H3. The van der Waals surface area contributed by atoms with Gasteiger partial charge in [-0.25, -0.2) is 0 Å². The van der Waals surface area contributed by atoms with Gasteiger partial charge in [0, 0.05) is 0 Å². The van der Waals surface area contributed by atoms with Crippen LogP contribution < -0.4 is 5.73 Å². The minimum absolute atomic E-state index is 0.519. The molecule has 0 aliphatic rings. The molecular weight excluding hydrogens is 214 g/mol. The Labute approximate surface area is 101 Å². The summed E-state index contributed by atoms with van der Waals surface area (Å²) in [5, 5.41) is 11.8. The van der Waals surface area contributed by atoms with Crippen LogP contribution in [0.2, 0.25) is 0 Å². The molecule has 2 rings (SSSR count). The van der Waals surface area contributed by atoms with Gasteiger partial charge in [0.2, 0.25) is 0 Å². The summed E-state index contributed by atoms with van der Waals surface area (Å²) >= 11 is 0. The SMILES string of the molecule is CCC(C)(N)c1nnnn1-c1ccc(C)cc1. The van der Waals surface area contributed by atoms with Crippen LogP contribution in [0.4, 0.5) is 0 Å². The minimum Gasteiger partial charge on any atom is -0.319 e. The van der Waals surface area contributed by atoms with Gasteiger partial charge in [-0.15, -0.1) is 5.10 Å².